The number of aromatic nitrogens is 1. The minimum absolute atomic E-state index is 0.190. The number of phenols is 1. The summed E-state index contributed by atoms with van der Waals surface area (Å²) in [5.74, 6) is 0.224. The van der Waals surface area contributed by atoms with Gasteiger partial charge in [0, 0.05) is 22.8 Å². The molecule has 0 spiro atoms. The van der Waals surface area contributed by atoms with Crippen molar-refractivity contribution in [2.75, 3.05) is 0 Å². The fraction of sp³-hybridized carbons (Fsp3) is 0.276. The average molecular weight is 427 g/mol. The van der Waals surface area contributed by atoms with Crippen molar-refractivity contribution in [1.29, 1.82) is 0 Å². The van der Waals surface area contributed by atoms with Gasteiger partial charge in [0.05, 0.1) is 6.04 Å². The van der Waals surface area contributed by atoms with Crippen LogP contribution in [0.15, 0.2) is 89.8 Å². The second-order valence-electron chi connectivity index (χ2n) is 8.36. The Kier molecular flexibility index (Phi) is 7.88. The van der Waals surface area contributed by atoms with Crippen LogP contribution in [0.5, 0.6) is 5.75 Å². The molecule has 166 valence electrons. The highest BCUT2D eigenvalue weighted by atomic mass is 16.3. The summed E-state index contributed by atoms with van der Waals surface area (Å²) in [6, 6.07) is 16.3. The van der Waals surface area contributed by atoms with Crippen molar-refractivity contribution in [2.45, 2.75) is 53.5 Å². The number of aryl methyl sites for hydroxylation is 1. The van der Waals surface area contributed by atoms with E-state index in [2.05, 4.69) is 87.4 Å². The standard InChI is InChI=1S/C29H34N2O/c1-6-20(3)10-11-21(4)19-22(5)31-27(25-14-12-23(7-2)13-15-25)26-17-16-24-9-8-18-30-28(24)29(26)32/h8-19,27,31-32H,6-7H2,1-5H3/b20-10+,21-11-,22-19+. The van der Waals surface area contributed by atoms with Gasteiger partial charge in [0.15, 0.2) is 0 Å². The molecule has 2 aromatic carbocycles. The number of rotatable bonds is 8. The Morgan fingerprint density at radius 3 is 2.44 bits per heavy atom. The molecule has 2 N–H and O–H groups in total. The van der Waals surface area contributed by atoms with Crippen LogP contribution in [0.2, 0.25) is 0 Å². The SMILES string of the molecule is CC/C(C)=C/C=C(C)\C=C(/C)NC(c1ccc(CC)cc1)c1ccc2cccnc2c1O. The third-order valence-corrected chi connectivity index (χ3v) is 5.82. The predicted octanol–water partition coefficient (Wildman–Crippen LogP) is 7.39. The predicted molar refractivity (Wildman–Crippen MR) is 136 cm³/mol. The maximum Gasteiger partial charge on any atom is 0.147 e. The molecule has 32 heavy (non-hydrogen) atoms. The Bertz CT molecular complexity index is 1150. The second-order valence-corrected chi connectivity index (χ2v) is 8.36. The lowest BCUT2D eigenvalue weighted by atomic mass is 9.95. The molecule has 3 nitrogen and oxygen atoms in total. The van der Waals surface area contributed by atoms with E-state index in [4.69, 9.17) is 0 Å². The van der Waals surface area contributed by atoms with Crippen molar-refractivity contribution in [3.63, 3.8) is 0 Å². The van der Waals surface area contributed by atoms with Crippen molar-refractivity contribution in [1.82, 2.24) is 10.3 Å². The molecule has 3 rings (SSSR count). The van der Waals surface area contributed by atoms with Gasteiger partial charge in [0.2, 0.25) is 0 Å². The molecule has 0 amide bonds. The molecule has 0 aliphatic heterocycles. The number of nitrogens with zero attached hydrogens (tertiary/aromatic N) is 1. The lowest BCUT2D eigenvalue weighted by molar-refractivity contribution is 0.466. The zero-order valence-corrected chi connectivity index (χ0v) is 19.8. The molecule has 0 radical (unpaired) electrons. The van der Waals surface area contributed by atoms with Crippen LogP contribution in [0.4, 0.5) is 0 Å². The first-order valence-electron chi connectivity index (χ1n) is 11.4. The van der Waals surface area contributed by atoms with Crippen molar-refractivity contribution in [3.8, 4) is 5.75 Å². The molecular formula is C29H34N2O. The number of aromatic hydroxyl groups is 1. The number of pyridine rings is 1. The van der Waals surface area contributed by atoms with Crippen LogP contribution in [0.25, 0.3) is 10.9 Å². The highest BCUT2D eigenvalue weighted by Crippen LogP contribution is 2.35. The number of hydrogen-bond acceptors (Lipinski definition) is 3. The summed E-state index contributed by atoms with van der Waals surface area (Å²) in [5, 5.41) is 15.7. The topological polar surface area (TPSA) is 45.2 Å². The smallest absolute Gasteiger partial charge is 0.147 e. The van der Waals surface area contributed by atoms with Gasteiger partial charge < -0.3 is 10.4 Å². The van der Waals surface area contributed by atoms with E-state index in [0.29, 0.717) is 5.52 Å². The number of hydrogen-bond donors (Lipinski definition) is 2. The Hall–Kier alpha value is -3.33. The number of allylic oxidation sites excluding steroid dienone is 6. The maximum atomic E-state index is 11.1. The van der Waals surface area contributed by atoms with Gasteiger partial charge in [-0.25, -0.2) is 0 Å². The molecule has 3 heteroatoms. The van der Waals surface area contributed by atoms with Gasteiger partial charge in [0.25, 0.3) is 0 Å². The van der Waals surface area contributed by atoms with Crippen LogP contribution in [0, 0.1) is 0 Å². The van der Waals surface area contributed by atoms with Gasteiger partial charge in [-0.1, -0.05) is 74.0 Å². The molecule has 1 heterocycles. The van der Waals surface area contributed by atoms with E-state index in [9.17, 15) is 5.11 Å². The maximum absolute atomic E-state index is 11.1. The Labute approximate surface area is 192 Å². The second kappa shape index (κ2) is 10.8. The molecule has 0 bridgehead atoms. The van der Waals surface area contributed by atoms with Crippen LogP contribution in [0.3, 0.4) is 0 Å². The highest BCUT2D eigenvalue weighted by molar-refractivity contribution is 5.85. The Morgan fingerprint density at radius 2 is 1.75 bits per heavy atom. The fourth-order valence-electron chi connectivity index (χ4n) is 3.72. The van der Waals surface area contributed by atoms with Gasteiger partial charge in [-0.05, 0) is 62.5 Å². The molecule has 0 aliphatic carbocycles. The van der Waals surface area contributed by atoms with E-state index in [0.717, 1.165) is 35.1 Å². The van der Waals surface area contributed by atoms with Crippen LogP contribution < -0.4 is 5.32 Å². The first-order chi connectivity index (χ1) is 15.4. The van der Waals surface area contributed by atoms with Gasteiger partial charge in [-0.15, -0.1) is 0 Å². The minimum atomic E-state index is -0.190. The van der Waals surface area contributed by atoms with Crippen molar-refractivity contribution in [2.24, 2.45) is 0 Å². The average Bonchev–Trinajstić information content (AvgIpc) is 2.82. The summed E-state index contributed by atoms with van der Waals surface area (Å²) in [6.07, 6.45) is 10.2. The zero-order chi connectivity index (χ0) is 23.1. The summed E-state index contributed by atoms with van der Waals surface area (Å²) < 4.78 is 0. The lowest BCUT2D eigenvalue weighted by Gasteiger charge is -2.23. The first kappa shape index (κ1) is 23.3. The Balaban J connectivity index is 2.02. The first-order valence-corrected chi connectivity index (χ1v) is 11.4. The number of phenolic OH excluding ortho intramolecular Hbond substituents is 1. The van der Waals surface area contributed by atoms with Gasteiger partial charge in [-0.2, -0.15) is 0 Å². The van der Waals surface area contributed by atoms with E-state index in [1.165, 1.54) is 16.7 Å². The monoisotopic (exact) mass is 426 g/mol. The number of nitrogens with one attached hydrogen (secondary N) is 1. The van der Waals surface area contributed by atoms with Crippen molar-refractivity contribution in [3.05, 3.63) is 106 Å². The van der Waals surface area contributed by atoms with E-state index in [1.54, 1.807) is 6.20 Å². The fourth-order valence-corrected chi connectivity index (χ4v) is 3.72. The lowest BCUT2D eigenvalue weighted by Crippen LogP contribution is -2.21. The molecule has 1 unspecified atom stereocenters. The van der Waals surface area contributed by atoms with Crippen molar-refractivity contribution < 1.29 is 5.11 Å². The summed E-state index contributed by atoms with van der Waals surface area (Å²) in [6.45, 7) is 10.6. The molecule has 0 saturated carbocycles. The van der Waals surface area contributed by atoms with E-state index < -0.39 is 0 Å². The van der Waals surface area contributed by atoms with E-state index >= 15 is 0 Å². The molecule has 0 aliphatic rings. The Morgan fingerprint density at radius 1 is 1.00 bits per heavy atom. The minimum Gasteiger partial charge on any atom is -0.505 e. The van der Waals surface area contributed by atoms with Crippen molar-refractivity contribution >= 4 is 10.9 Å². The summed E-state index contributed by atoms with van der Waals surface area (Å²) in [5.41, 5.74) is 7.39. The van der Waals surface area contributed by atoms with Crippen LogP contribution in [0.1, 0.15) is 63.8 Å². The normalized spacial score (nSPS) is 14.0. The van der Waals surface area contributed by atoms with Crippen LogP contribution in [-0.2, 0) is 6.42 Å². The third kappa shape index (κ3) is 5.67. The number of fused-ring (bicyclic) bond motifs is 1. The molecule has 1 atom stereocenters. The van der Waals surface area contributed by atoms with E-state index in [-0.39, 0.29) is 11.8 Å². The number of benzene rings is 2. The van der Waals surface area contributed by atoms with Gasteiger partial charge in [0.1, 0.15) is 11.3 Å². The van der Waals surface area contributed by atoms with E-state index in [1.807, 2.05) is 24.3 Å². The van der Waals surface area contributed by atoms with Gasteiger partial charge >= 0.3 is 0 Å². The molecule has 3 aromatic rings. The third-order valence-electron chi connectivity index (χ3n) is 5.82. The summed E-state index contributed by atoms with van der Waals surface area (Å²) in [7, 11) is 0. The zero-order valence-electron chi connectivity index (χ0n) is 19.8. The molecule has 0 saturated heterocycles. The summed E-state index contributed by atoms with van der Waals surface area (Å²) >= 11 is 0. The molecular weight excluding hydrogens is 392 g/mol. The van der Waals surface area contributed by atoms with Crippen LogP contribution in [-0.4, -0.2) is 10.1 Å². The quantitative estimate of drug-likeness (QED) is 0.369. The molecule has 1 aromatic heterocycles. The van der Waals surface area contributed by atoms with Gasteiger partial charge in [-0.3, -0.25) is 4.98 Å². The highest BCUT2D eigenvalue weighted by Gasteiger charge is 2.20. The van der Waals surface area contributed by atoms with Crippen LogP contribution >= 0.6 is 0 Å². The largest absolute Gasteiger partial charge is 0.505 e. The molecule has 0 fully saturated rings. The summed E-state index contributed by atoms with van der Waals surface area (Å²) in [4.78, 5) is 4.41.